The van der Waals surface area contributed by atoms with Gasteiger partial charge in [-0.05, 0) is 18.1 Å². The van der Waals surface area contributed by atoms with Gasteiger partial charge in [-0.25, -0.2) is 0 Å². The van der Waals surface area contributed by atoms with Crippen molar-refractivity contribution in [1.82, 2.24) is 47.1 Å². The summed E-state index contributed by atoms with van der Waals surface area (Å²) in [5, 5.41) is 58.8. The zero-order chi connectivity index (χ0) is 47.2. The number of carbonyl (C=O) groups is 9. The van der Waals surface area contributed by atoms with Gasteiger partial charge in [0.05, 0.1) is 43.8 Å². The number of benzene rings is 1. The molecule has 11 atom stereocenters. The molecule has 3 aliphatic heterocycles. The van der Waals surface area contributed by atoms with Crippen LogP contribution >= 0.6 is 0 Å². The number of nitrogens with two attached hydrogens (primary N) is 1. The standard InChI is InChI=1S/C39H54N10O14S/c1-4-16(2)31-36(60)42-11-29(55)43-25-15-64(63)38-21(20-6-5-18(51)7-22(20)46-38)9-23(33(57)41-12-30(56)47-31)44-37(61)32(17(3)27(53)14-50)48-35(59)26-8-19(52)13-49(26)39(62)24(10-28(40)54)45-34(25)58/h5-7,16-17,19,23-27,31-32,46,50-53H,4,8-15H2,1-3H3,(H2,40,54)(H,41,57)(H,42,60)(H,43,55)(H,44,61)(H,45,58)(H,47,56)(H,48,59)/t16-,17-,19?,23?,24-,25?,26-,27-,31-,32-,64-/m0/s1. The maximum absolute atomic E-state index is 14.6. The van der Waals surface area contributed by atoms with Crippen molar-refractivity contribution in [3.63, 3.8) is 0 Å². The Morgan fingerprint density at radius 3 is 2.22 bits per heavy atom. The van der Waals surface area contributed by atoms with E-state index in [0.717, 1.165) is 4.90 Å². The van der Waals surface area contributed by atoms with Crippen LogP contribution in [0.3, 0.4) is 0 Å². The molecule has 14 N–H and O–H groups in total. The molecule has 3 unspecified atom stereocenters. The number of phenols is 1. The summed E-state index contributed by atoms with van der Waals surface area (Å²) in [4.78, 5) is 127. The van der Waals surface area contributed by atoms with E-state index in [-0.39, 0.29) is 27.2 Å². The van der Waals surface area contributed by atoms with Crippen LogP contribution in [0.5, 0.6) is 5.75 Å². The quantitative estimate of drug-likeness (QED) is 0.115. The summed E-state index contributed by atoms with van der Waals surface area (Å²) in [6.07, 6.45) is -4.42. The number of amides is 9. The maximum Gasteiger partial charge on any atom is 0.248 e. The summed E-state index contributed by atoms with van der Waals surface area (Å²) in [7, 11) is 0. The predicted octanol–water partition coefficient (Wildman–Crippen LogP) is -5.92. The van der Waals surface area contributed by atoms with Crippen molar-refractivity contribution in [2.45, 2.75) is 99.9 Å². The van der Waals surface area contributed by atoms with E-state index in [1.54, 1.807) is 13.8 Å². The van der Waals surface area contributed by atoms with Crippen molar-refractivity contribution in [3.8, 4) is 5.75 Å². The number of rotatable bonds is 7. The smallest absolute Gasteiger partial charge is 0.248 e. The lowest BCUT2D eigenvalue weighted by molar-refractivity contribution is -0.144. The number of nitrogens with one attached hydrogen (secondary N) is 8. The number of aromatic nitrogens is 1. The first-order valence-electron chi connectivity index (χ1n) is 20.6. The van der Waals surface area contributed by atoms with E-state index in [0.29, 0.717) is 6.42 Å². The van der Waals surface area contributed by atoms with E-state index in [1.807, 2.05) is 0 Å². The van der Waals surface area contributed by atoms with Crippen molar-refractivity contribution >= 4 is 75.2 Å². The molecule has 0 saturated carbocycles. The second-order valence-corrected chi connectivity index (χ2v) is 17.6. The summed E-state index contributed by atoms with van der Waals surface area (Å²) in [6, 6.07) is -5.99. The van der Waals surface area contributed by atoms with Gasteiger partial charge in [-0.15, -0.1) is 0 Å². The number of nitrogens with zero attached hydrogens (tertiary/aromatic N) is 1. The normalized spacial score (nSPS) is 28.5. The molecule has 0 aliphatic carbocycles. The summed E-state index contributed by atoms with van der Waals surface area (Å²) >= 11 is -2.38. The highest BCUT2D eigenvalue weighted by Gasteiger charge is 2.45. The van der Waals surface area contributed by atoms with Gasteiger partial charge >= 0.3 is 0 Å². The summed E-state index contributed by atoms with van der Waals surface area (Å²) in [6.45, 7) is 1.76. The molecule has 1 saturated heterocycles. The molecule has 2 bridgehead atoms. The van der Waals surface area contributed by atoms with E-state index < -0.39 is 176 Å². The molecule has 1 aromatic carbocycles. The Balaban J connectivity index is 1.73. The highest BCUT2D eigenvalue weighted by atomic mass is 32.2. The summed E-state index contributed by atoms with van der Waals surface area (Å²) < 4.78 is 14.6. The minimum absolute atomic E-state index is 0.0800. The molecule has 350 valence electrons. The number of aliphatic hydroxyl groups is 3. The lowest BCUT2D eigenvalue weighted by atomic mass is 9.93. The van der Waals surface area contributed by atoms with Gasteiger partial charge in [0.25, 0.3) is 0 Å². The molecule has 0 radical (unpaired) electrons. The Morgan fingerprint density at radius 2 is 1.56 bits per heavy atom. The molecule has 64 heavy (non-hydrogen) atoms. The van der Waals surface area contributed by atoms with Gasteiger partial charge < -0.3 is 77.8 Å². The summed E-state index contributed by atoms with van der Waals surface area (Å²) in [5.74, 6) is -12.1. The third kappa shape index (κ3) is 11.6. The number of hydrogen-bond acceptors (Lipinski definition) is 14. The number of H-pyrrole nitrogens is 1. The number of hydrogen-bond donors (Lipinski definition) is 13. The molecular weight excluding hydrogens is 865 g/mol. The molecule has 25 heteroatoms. The largest absolute Gasteiger partial charge is 0.610 e. The van der Waals surface area contributed by atoms with E-state index in [1.165, 1.54) is 25.1 Å². The third-order valence-corrected chi connectivity index (χ3v) is 13.0. The van der Waals surface area contributed by atoms with Gasteiger partial charge in [0.2, 0.25) is 58.2 Å². The number of aliphatic hydroxyl groups excluding tert-OH is 3. The Bertz CT molecular complexity index is 2160. The Labute approximate surface area is 368 Å². The van der Waals surface area contributed by atoms with Crippen LogP contribution in [-0.2, 0) is 60.7 Å². The fourth-order valence-electron chi connectivity index (χ4n) is 7.70. The Hall–Kier alpha value is -6.02. The fourth-order valence-corrected chi connectivity index (χ4v) is 9.10. The van der Waals surface area contributed by atoms with Crippen LogP contribution in [0, 0.1) is 11.8 Å². The first-order chi connectivity index (χ1) is 30.2. The molecule has 4 heterocycles. The predicted molar refractivity (Wildman–Crippen MR) is 222 cm³/mol. The number of fused-ring (bicyclic) bond motifs is 5. The highest BCUT2D eigenvalue weighted by molar-refractivity contribution is 7.91. The summed E-state index contributed by atoms with van der Waals surface area (Å²) in [5.41, 5.74) is 5.73. The van der Waals surface area contributed by atoms with Gasteiger partial charge in [0.1, 0.15) is 41.7 Å². The van der Waals surface area contributed by atoms with E-state index >= 15 is 0 Å². The van der Waals surface area contributed by atoms with E-state index in [4.69, 9.17) is 5.73 Å². The minimum Gasteiger partial charge on any atom is -0.610 e. The SMILES string of the molecule is CC[C@H](C)[C@@H]1NC(=O)CNC(=O)C2Cc3c([nH]c4cc(O)ccc34)[S@@+]([O-])CC(NC(=O)CNC1=O)C(=O)N[C@@H](CC(N)=O)C(=O)N1CC(O)C[C@H]1C(=O)N[C@@H]([C@@H](C)[C@@H](O)CO)C(=O)N2. The van der Waals surface area contributed by atoms with Crippen molar-refractivity contribution in [3.05, 3.63) is 23.8 Å². The van der Waals surface area contributed by atoms with Crippen LogP contribution in [0.2, 0.25) is 0 Å². The van der Waals surface area contributed by atoms with Crippen molar-refractivity contribution in [2.75, 3.05) is 32.0 Å². The molecule has 1 aromatic heterocycles. The number of phenolic OH excluding ortho intramolecular Hbond substituents is 1. The van der Waals surface area contributed by atoms with Crippen molar-refractivity contribution in [2.24, 2.45) is 17.6 Å². The van der Waals surface area contributed by atoms with Crippen LogP contribution in [0.1, 0.15) is 45.6 Å². The van der Waals surface area contributed by atoms with Crippen molar-refractivity contribution < 1.29 is 68.1 Å². The number of aromatic hydroxyl groups is 1. The van der Waals surface area contributed by atoms with E-state index in [9.17, 15) is 68.1 Å². The average Bonchev–Trinajstić information content (AvgIpc) is 3.82. The van der Waals surface area contributed by atoms with Crippen LogP contribution in [0.4, 0.5) is 0 Å². The van der Waals surface area contributed by atoms with Crippen molar-refractivity contribution in [1.29, 1.82) is 0 Å². The van der Waals surface area contributed by atoms with Gasteiger partial charge in [-0.1, -0.05) is 27.2 Å². The number of primary amides is 1. The van der Waals surface area contributed by atoms with Crippen LogP contribution in [0.25, 0.3) is 10.9 Å². The average molecular weight is 919 g/mol. The van der Waals surface area contributed by atoms with E-state index in [2.05, 4.69) is 42.2 Å². The monoisotopic (exact) mass is 918 g/mol. The third-order valence-electron chi connectivity index (χ3n) is 11.5. The molecule has 9 amide bonds. The fraction of sp³-hybridized carbons (Fsp3) is 0.564. The number of carbonyl (C=O) groups excluding carboxylic acids is 9. The van der Waals surface area contributed by atoms with Crippen LogP contribution < -0.4 is 43.0 Å². The van der Waals surface area contributed by atoms with Gasteiger partial charge in [0, 0.05) is 53.5 Å². The van der Waals surface area contributed by atoms with Gasteiger partial charge in [0.15, 0.2) is 6.04 Å². The van der Waals surface area contributed by atoms with Gasteiger partial charge in [-0.3, -0.25) is 43.2 Å². The lowest BCUT2D eigenvalue weighted by Crippen LogP contribution is -2.62. The Kier molecular flexibility index (Phi) is 16.2. The molecule has 1 fully saturated rings. The second kappa shape index (κ2) is 21.1. The molecule has 5 rings (SSSR count). The first kappa shape index (κ1) is 49.0. The second-order valence-electron chi connectivity index (χ2n) is 16.1. The zero-order valence-corrected chi connectivity index (χ0v) is 36.0. The molecule has 24 nitrogen and oxygen atoms in total. The van der Waals surface area contributed by atoms with Crippen LogP contribution in [0.15, 0.2) is 23.2 Å². The molecule has 0 spiro atoms. The minimum atomic E-state index is -2.38. The zero-order valence-electron chi connectivity index (χ0n) is 35.2. The number of aromatic amines is 1. The Morgan fingerprint density at radius 1 is 0.891 bits per heavy atom. The topological polar surface area (TPSA) is 387 Å². The first-order valence-corrected chi connectivity index (χ1v) is 21.9. The maximum atomic E-state index is 14.6. The molecule has 3 aliphatic rings. The lowest BCUT2D eigenvalue weighted by Gasteiger charge is -2.32. The highest BCUT2D eigenvalue weighted by Crippen LogP contribution is 2.31. The van der Waals surface area contributed by atoms with Crippen LogP contribution in [-0.4, -0.2) is 168 Å². The van der Waals surface area contributed by atoms with Gasteiger partial charge in [-0.2, -0.15) is 0 Å². The molecule has 2 aromatic rings. The molecular formula is C39H54N10O14S.